The molecule has 0 aliphatic carbocycles. The molecule has 0 radical (unpaired) electrons. The molecule has 0 spiro atoms. The van der Waals surface area contributed by atoms with Crippen LogP contribution in [-0.4, -0.2) is 42.1 Å². The molecule has 0 fully saturated rings. The summed E-state index contributed by atoms with van der Waals surface area (Å²) in [6, 6.07) is 11.1. The highest BCUT2D eigenvalue weighted by Crippen LogP contribution is 2.38. The number of nitrogens with one attached hydrogen (secondary N) is 2. The molecule has 0 unspecified atom stereocenters. The first kappa shape index (κ1) is 17.1. The van der Waals surface area contributed by atoms with Crippen LogP contribution in [0, 0.1) is 0 Å². The van der Waals surface area contributed by atoms with Crippen molar-refractivity contribution in [1.29, 1.82) is 0 Å². The zero-order chi connectivity index (χ0) is 14.5. The van der Waals surface area contributed by atoms with Crippen LogP contribution in [0.4, 0.5) is 0 Å². The van der Waals surface area contributed by atoms with E-state index in [-0.39, 0.29) is 7.92 Å². The van der Waals surface area contributed by atoms with Crippen LogP contribution in [0.1, 0.15) is 0 Å². The van der Waals surface area contributed by atoms with Crippen molar-refractivity contribution in [2.24, 2.45) is 0 Å². The zero-order valence-electron chi connectivity index (χ0n) is 13.2. The third-order valence-corrected chi connectivity index (χ3v) is 16.8. The summed E-state index contributed by atoms with van der Waals surface area (Å²) in [6.07, 6.45) is 0. The minimum absolute atomic E-state index is 0.0450. The SMILES string of the molecule is CN[Si](C)(C)CP(C[Si](C)(C)NC)c1ccccc1. The number of hydrogen-bond donors (Lipinski definition) is 2. The number of benzene rings is 1. The summed E-state index contributed by atoms with van der Waals surface area (Å²) < 4.78 is 0. The molecule has 19 heavy (non-hydrogen) atoms. The van der Waals surface area contributed by atoms with E-state index in [1.165, 1.54) is 11.6 Å². The molecule has 0 heterocycles. The van der Waals surface area contributed by atoms with E-state index in [0.717, 1.165) is 0 Å². The second kappa shape index (κ2) is 7.14. The van der Waals surface area contributed by atoms with Gasteiger partial charge in [0.15, 0.2) is 0 Å². The standard InChI is InChI=1S/C14H29N2PSi2/c1-15-18(3,4)12-17(13-19(5,6)16-2)14-10-8-7-9-11-14/h7-11,15-16H,12-13H2,1-6H3. The van der Waals surface area contributed by atoms with Crippen LogP contribution in [-0.2, 0) is 0 Å². The maximum Gasteiger partial charge on any atom is 0.123 e. The Morgan fingerprint density at radius 2 is 1.26 bits per heavy atom. The van der Waals surface area contributed by atoms with Gasteiger partial charge in [0.05, 0.1) is 0 Å². The van der Waals surface area contributed by atoms with Crippen molar-refractivity contribution in [1.82, 2.24) is 9.96 Å². The summed E-state index contributed by atoms with van der Waals surface area (Å²) in [6.45, 7) is 9.77. The lowest BCUT2D eigenvalue weighted by atomic mass is 10.4. The average molecular weight is 313 g/mol. The summed E-state index contributed by atoms with van der Waals surface area (Å²) in [4.78, 5) is 7.19. The predicted molar refractivity (Wildman–Crippen MR) is 95.8 cm³/mol. The smallest absolute Gasteiger partial charge is 0.123 e. The average Bonchev–Trinajstić information content (AvgIpc) is 2.38. The molecule has 2 nitrogen and oxygen atoms in total. The Bertz CT molecular complexity index is 364. The summed E-state index contributed by atoms with van der Waals surface area (Å²) in [5.41, 5.74) is 0. The van der Waals surface area contributed by atoms with Crippen molar-refractivity contribution >= 4 is 29.7 Å². The Hall–Kier alpha value is 0.00377. The lowest BCUT2D eigenvalue weighted by molar-refractivity contribution is 1.15. The number of hydrogen-bond acceptors (Lipinski definition) is 2. The molecule has 1 rings (SSSR count). The Labute approximate surface area is 122 Å². The van der Waals surface area contributed by atoms with Gasteiger partial charge in [0.1, 0.15) is 16.5 Å². The van der Waals surface area contributed by atoms with Crippen molar-refractivity contribution in [2.45, 2.75) is 26.2 Å². The van der Waals surface area contributed by atoms with Gasteiger partial charge in [-0.2, -0.15) is 0 Å². The Kier molecular flexibility index (Phi) is 6.41. The largest absolute Gasteiger partial charge is 0.340 e. The van der Waals surface area contributed by atoms with Gasteiger partial charge < -0.3 is 9.96 Å². The zero-order valence-corrected chi connectivity index (χ0v) is 16.1. The van der Waals surface area contributed by atoms with E-state index < -0.39 is 16.5 Å². The van der Waals surface area contributed by atoms with Gasteiger partial charge in [-0.05, 0) is 31.0 Å². The summed E-state index contributed by atoms with van der Waals surface area (Å²) >= 11 is 0. The van der Waals surface area contributed by atoms with Crippen LogP contribution >= 0.6 is 7.92 Å². The first-order valence-corrected chi connectivity index (χ1v) is 15.1. The first-order valence-electron chi connectivity index (χ1n) is 6.97. The third kappa shape index (κ3) is 5.88. The van der Waals surface area contributed by atoms with Crippen molar-refractivity contribution in [2.75, 3.05) is 25.7 Å². The molecule has 0 saturated carbocycles. The molecule has 0 saturated heterocycles. The quantitative estimate of drug-likeness (QED) is 0.597. The molecule has 0 aromatic heterocycles. The van der Waals surface area contributed by atoms with Crippen molar-refractivity contribution < 1.29 is 0 Å². The van der Waals surface area contributed by atoms with Gasteiger partial charge in [0.2, 0.25) is 0 Å². The van der Waals surface area contributed by atoms with Crippen LogP contribution in [0.15, 0.2) is 30.3 Å². The van der Waals surface area contributed by atoms with Crippen molar-refractivity contribution in [3.8, 4) is 0 Å². The third-order valence-electron chi connectivity index (χ3n) is 3.65. The van der Waals surface area contributed by atoms with E-state index in [9.17, 15) is 0 Å². The molecule has 0 bridgehead atoms. The van der Waals surface area contributed by atoms with E-state index in [0.29, 0.717) is 0 Å². The van der Waals surface area contributed by atoms with Crippen LogP contribution in [0.3, 0.4) is 0 Å². The highest BCUT2D eigenvalue weighted by molar-refractivity contribution is 7.70. The maximum absolute atomic E-state index is 3.60. The second-order valence-electron chi connectivity index (χ2n) is 6.46. The van der Waals surface area contributed by atoms with Crippen molar-refractivity contribution in [3.63, 3.8) is 0 Å². The first-order chi connectivity index (χ1) is 8.79. The maximum atomic E-state index is 3.60. The molecule has 0 atom stereocenters. The minimum atomic E-state index is -1.26. The highest BCUT2D eigenvalue weighted by Gasteiger charge is 2.30. The molecule has 0 amide bonds. The fraction of sp³-hybridized carbons (Fsp3) is 0.571. The normalized spacial score (nSPS) is 13.0. The molecule has 108 valence electrons. The molecular formula is C14H29N2PSi2. The van der Waals surface area contributed by atoms with Crippen LogP contribution in [0.2, 0.25) is 26.2 Å². The molecule has 5 heteroatoms. The van der Waals surface area contributed by atoms with Crippen LogP contribution < -0.4 is 15.3 Å². The van der Waals surface area contributed by atoms with E-state index in [1.54, 1.807) is 5.30 Å². The molecular weight excluding hydrogens is 283 g/mol. The minimum Gasteiger partial charge on any atom is -0.340 e. The van der Waals surface area contributed by atoms with Crippen LogP contribution in [0.5, 0.6) is 0 Å². The monoisotopic (exact) mass is 312 g/mol. The molecule has 1 aromatic carbocycles. The summed E-state index contributed by atoms with van der Waals surface area (Å²) in [7, 11) is 1.69. The van der Waals surface area contributed by atoms with E-state index in [2.05, 4.69) is 80.6 Å². The van der Waals surface area contributed by atoms with E-state index in [4.69, 9.17) is 0 Å². The van der Waals surface area contributed by atoms with Gasteiger partial charge in [-0.25, -0.2) is 0 Å². The second-order valence-corrected chi connectivity index (χ2v) is 19.1. The summed E-state index contributed by atoms with van der Waals surface area (Å²) in [5, 5.41) is 1.57. The summed E-state index contributed by atoms with van der Waals surface area (Å²) in [5.74, 6) is 2.75. The van der Waals surface area contributed by atoms with Gasteiger partial charge in [-0.15, -0.1) is 0 Å². The van der Waals surface area contributed by atoms with Crippen molar-refractivity contribution in [3.05, 3.63) is 30.3 Å². The Morgan fingerprint density at radius 3 is 1.63 bits per heavy atom. The Morgan fingerprint density at radius 1 is 0.842 bits per heavy atom. The van der Waals surface area contributed by atoms with Gasteiger partial charge in [0, 0.05) is 0 Å². The molecule has 0 aliphatic heterocycles. The van der Waals surface area contributed by atoms with Gasteiger partial charge in [-0.3, -0.25) is 0 Å². The lowest BCUT2D eigenvalue weighted by Crippen LogP contribution is -2.50. The van der Waals surface area contributed by atoms with Crippen LogP contribution in [0.25, 0.3) is 0 Å². The fourth-order valence-electron chi connectivity index (χ4n) is 1.99. The fourth-order valence-corrected chi connectivity index (χ4v) is 14.4. The molecule has 1 aromatic rings. The predicted octanol–water partition coefficient (Wildman–Crippen LogP) is 2.72. The van der Waals surface area contributed by atoms with Gasteiger partial charge in [-0.1, -0.05) is 64.4 Å². The molecule has 2 N–H and O–H groups in total. The lowest BCUT2D eigenvalue weighted by Gasteiger charge is -2.33. The van der Waals surface area contributed by atoms with Gasteiger partial charge >= 0.3 is 0 Å². The topological polar surface area (TPSA) is 24.1 Å². The van der Waals surface area contributed by atoms with Gasteiger partial charge in [0.25, 0.3) is 0 Å². The number of rotatable bonds is 7. The molecule has 0 aliphatic rings. The Balaban J connectivity index is 2.92. The van der Waals surface area contributed by atoms with E-state index in [1.807, 2.05) is 0 Å². The highest BCUT2D eigenvalue weighted by atomic mass is 31.1. The van der Waals surface area contributed by atoms with E-state index >= 15 is 0 Å².